The third kappa shape index (κ3) is 5.88. The highest BCUT2D eigenvalue weighted by atomic mass is 35.5. The predicted octanol–water partition coefficient (Wildman–Crippen LogP) is 6.34. The molecule has 1 aromatic heterocycles. The Hall–Kier alpha value is -3.36. The summed E-state index contributed by atoms with van der Waals surface area (Å²) < 4.78 is 13.2. The van der Waals surface area contributed by atoms with E-state index in [4.69, 9.17) is 44.3 Å². The molecule has 0 amide bonds. The molecule has 40 heavy (non-hydrogen) atoms. The van der Waals surface area contributed by atoms with Gasteiger partial charge in [-0.05, 0) is 67.4 Å². The van der Waals surface area contributed by atoms with Crippen LogP contribution < -0.4 is 19.6 Å². The molecule has 10 heteroatoms. The van der Waals surface area contributed by atoms with Crippen molar-refractivity contribution in [3.05, 3.63) is 129 Å². The minimum absolute atomic E-state index is 0.208. The van der Waals surface area contributed by atoms with Crippen molar-refractivity contribution in [1.29, 1.82) is 0 Å². The SMILES string of the molecule is CCOC(=O)C1=C(C)N=c2s/c(=C\c3ccc(OCc4ccc(Cl)cc4Cl)cc3)c(=O)n2[C@H]1c1ccc(Cl)cc1. The Kier molecular flexibility index (Phi) is 8.47. The van der Waals surface area contributed by atoms with Crippen molar-refractivity contribution in [2.75, 3.05) is 6.61 Å². The second-order valence-electron chi connectivity index (χ2n) is 8.95. The fourth-order valence-electron chi connectivity index (χ4n) is 4.36. The van der Waals surface area contributed by atoms with Crippen LogP contribution in [-0.2, 0) is 16.1 Å². The molecule has 0 fully saturated rings. The minimum Gasteiger partial charge on any atom is -0.489 e. The number of aromatic nitrogens is 1. The van der Waals surface area contributed by atoms with E-state index in [-0.39, 0.29) is 12.2 Å². The number of hydrogen-bond donors (Lipinski definition) is 0. The van der Waals surface area contributed by atoms with E-state index in [9.17, 15) is 9.59 Å². The summed E-state index contributed by atoms with van der Waals surface area (Å²) in [6, 6.07) is 19.0. The number of esters is 1. The highest BCUT2D eigenvalue weighted by Gasteiger charge is 2.33. The van der Waals surface area contributed by atoms with Crippen LogP contribution in [0.3, 0.4) is 0 Å². The van der Waals surface area contributed by atoms with Gasteiger partial charge in [-0.15, -0.1) is 0 Å². The summed E-state index contributed by atoms with van der Waals surface area (Å²) in [5, 5.41) is 1.66. The predicted molar refractivity (Wildman–Crippen MR) is 159 cm³/mol. The molecule has 0 saturated carbocycles. The van der Waals surface area contributed by atoms with E-state index in [1.54, 1.807) is 60.9 Å². The molecule has 3 aromatic carbocycles. The van der Waals surface area contributed by atoms with E-state index in [0.29, 0.717) is 48.0 Å². The lowest BCUT2D eigenvalue weighted by Crippen LogP contribution is -2.39. The maximum absolute atomic E-state index is 13.7. The van der Waals surface area contributed by atoms with Crippen molar-refractivity contribution in [3.63, 3.8) is 0 Å². The normalized spacial score (nSPS) is 15.0. The summed E-state index contributed by atoms with van der Waals surface area (Å²) >= 11 is 19.6. The summed E-state index contributed by atoms with van der Waals surface area (Å²) in [6.07, 6.45) is 1.80. The standard InChI is InChI=1S/C30H23Cl3N2O4S/c1-3-38-29(37)26-17(2)34-30-35(27(26)19-6-9-21(31)10-7-19)28(36)25(40-30)14-18-4-12-23(13-5-18)39-16-20-8-11-22(32)15-24(20)33/h4-15,27H,3,16H2,1-2H3/b25-14-/t27-/m0/s1. The van der Waals surface area contributed by atoms with Gasteiger partial charge in [0, 0.05) is 20.6 Å². The number of halogens is 3. The molecule has 0 radical (unpaired) electrons. The first-order valence-electron chi connectivity index (χ1n) is 12.4. The molecule has 1 aliphatic heterocycles. The van der Waals surface area contributed by atoms with E-state index in [0.717, 1.165) is 16.7 Å². The fourth-order valence-corrected chi connectivity index (χ4v) is 6.00. The van der Waals surface area contributed by atoms with Crippen LogP contribution in [0.4, 0.5) is 0 Å². The molecule has 6 nitrogen and oxygen atoms in total. The molecule has 1 aliphatic rings. The van der Waals surface area contributed by atoms with Gasteiger partial charge in [0.1, 0.15) is 12.4 Å². The van der Waals surface area contributed by atoms with Gasteiger partial charge in [-0.2, -0.15) is 0 Å². The van der Waals surface area contributed by atoms with Crippen molar-refractivity contribution in [2.45, 2.75) is 26.5 Å². The van der Waals surface area contributed by atoms with Crippen molar-refractivity contribution < 1.29 is 14.3 Å². The molecular formula is C30H23Cl3N2O4S. The van der Waals surface area contributed by atoms with Gasteiger partial charge in [-0.3, -0.25) is 9.36 Å². The van der Waals surface area contributed by atoms with Crippen molar-refractivity contribution >= 4 is 58.2 Å². The second kappa shape index (κ2) is 12.0. The number of carbonyl (C=O) groups excluding carboxylic acids is 1. The smallest absolute Gasteiger partial charge is 0.338 e. The third-order valence-electron chi connectivity index (χ3n) is 6.29. The molecule has 2 heterocycles. The monoisotopic (exact) mass is 612 g/mol. The molecule has 4 aromatic rings. The van der Waals surface area contributed by atoms with Gasteiger partial charge in [-0.25, -0.2) is 9.79 Å². The Bertz CT molecular complexity index is 1790. The Morgan fingerprint density at radius 3 is 2.40 bits per heavy atom. The lowest BCUT2D eigenvalue weighted by atomic mass is 9.96. The highest BCUT2D eigenvalue weighted by molar-refractivity contribution is 7.07. The number of nitrogens with zero attached hydrogens (tertiary/aromatic N) is 2. The van der Waals surface area contributed by atoms with E-state index in [2.05, 4.69) is 4.99 Å². The summed E-state index contributed by atoms with van der Waals surface area (Å²) in [5.74, 6) is 0.149. The quantitative estimate of drug-likeness (QED) is 0.228. The van der Waals surface area contributed by atoms with Gasteiger partial charge in [0.05, 0.1) is 28.5 Å². The van der Waals surface area contributed by atoms with Crippen molar-refractivity contribution in [1.82, 2.24) is 4.57 Å². The number of benzene rings is 3. The van der Waals surface area contributed by atoms with E-state index < -0.39 is 12.0 Å². The molecule has 0 N–H and O–H groups in total. The zero-order valence-electron chi connectivity index (χ0n) is 21.5. The van der Waals surface area contributed by atoms with Crippen LogP contribution in [-0.4, -0.2) is 17.1 Å². The lowest BCUT2D eigenvalue weighted by Gasteiger charge is -2.24. The van der Waals surface area contributed by atoms with E-state index in [1.807, 2.05) is 30.3 Å². The number of thiazole rings is 1. The van der Waals surface area contributed by atoms with Gasteiger partial charge in [0.25, 0.3) is 5.56 Å². The van der Waals surface area contributed by atoms with Crippen LogP contribution in [0.15, 0.2) is 87.8 Å². The molecule has 0 saturated heterocycles. The maximum atomic E-state index is 13.7. The molecule has 1 atom stereocenters. The van der Waals surface area contributed by atoms with E-state index >= 15 is 0 Å². The number of fused-ring (bicyclic) bond motifs is 1. The van der Waals surface area contributed by atoms with Crippen LogP contribution in [0.5, 0.6) is 5.75 Å². The number of hydrogen-bond acceptors (Lipinski definition) is 6. The van der Waals surface area contributed by atoms with Gasteiger partial charge < -0.3 is 9.47 Å². The molecule has 5 rings (SSSR count). The molecule has 0 unspecified atom stereocenters. The van der Waals surface area contributed by atoms with Gasteiger partial charge >= 0.3 is 5.97 Å². The zero-order chi connectivity index (χ0) is 28.4. The molecule has 0 spiro atoms. The molecule has 0 bridgehead atoms. The first-order valence-corrected chi connectivity index (χ1v) is 14.3. The second-order valence-corrected chi connectivity index (χ2v) is 11.2. The number of carbonyl (C=O) groups is 1. The Morgan fingerprint density at radius 1 is 1.02 bits per heavy atom. The van der Waals surface area contributed by atoms with Crippen LogP contribution >= 0.6 is 46.1 Å². The van der Waals surface area contributed by atoms with Crippen molar-refractivity contribution in [2.24, 2.45) is 4.99 Å². The summed E-state index contributed by atoms with van der Waals surface area (Å²) in [7, 11) is 0. The van der Waals surface area contributed by atoms with Crippen LogP contribution in [0.2, 0.25) is 15.1 Å². The largest absolute Gasteiger partial charge is 0.489 e. The number of allylic oxidation sites excluding steroid dienone is 1. The Balaban J connectivity index is 1.48. The van der Waals surface area contributed by atoms with Gasteiger partial charge in [-0.1, -0.05) is 76.5 Å². The van der Waals surface area contributed by atoms with Crippen LogP contribution in [0.25, 0.3) is 6.08 Å². The minimum atomic E-state index is -0.690. The fraction of sp³-hybridized carbons (Fsp3) is 0.167. The first-order chi connectivity index (χ1) is 19.2. The number of rotatable bonds is 7. The lowest BCUT2D eigenvalue weighted by molar-refractivity contribution is -0.139. The Morgan fingerprint density at radius 2 is 1.73 bits per heavy atom. The van der Waals surface area contributed by atoms with Gasteiger partial charge in [0.2, 0.25) is 0 Å². The zero-order valence-corrected chi connectivity index (χ0v) is 24.6. The van der Waals surface area contributed by atoms with E-state index in [1.165, 1.54) is 11.3 Å². The average molecular weight is 614 g/mol. The number of ether oxygens (including phenoxy) is 2. The summed E-state index contributed by atoms with van der Waals surface area (Å²) in [4.78, 5) is 31.8. The van der Waals surface area contributed by atoms with Gasteiger partial charge in [0.15, 0.2) is 4.80 Å². The maximum Gasteiger partial charge on any atom is 0.338 e. The van der Waals surface area contributed by atoms with Crippen LogP contribution in [0, 0.1) is 0 Å². The van der Waals surface area contributed by atoms with Crippen LogP contribution in [0.1, 0.15) is 36.6 Å². The average Bonchev–Trinajstić information content (AvgIpc) is 3.23. The third-order valence-corrected chi connectivity index (χ3v) is 8.11. The highest BCUT2D eigenvalue weighted by Crippen LogP contribution is 2.31. The molecule has 204 valence electrons. The Labute approximate surface area is 249 Å². The molecule has 0 aliphatic carbocycles. The summed E-state index contributed by atoms with van der Waals surface area (Å²) in [5.41, 5.74) is 2.95. The topological polar surface area (TPSA) is 69.9 Å². The first kappa shape index (κ1) is 28.2. The van der Waals surface area contributed by atoms with Crippen molar-refractivity contribution in [3.8, 4) is 5.75 Å². The summed E-state index contributed by atoms with van der Waals surface area (Å²) in [6.45, 7) is 3.99. The molecular weight excluding hydrogens is 591 g/mol.